The highest BCUT2D eigenvalue weighted by molar-refractivity contribution is 7.09. The summed E-state index contributed by atoms with van der Waals surface area (Å²) in [6, 6.07) is 5.69. The lowest BCUT2D eigenvalue weighted by atomic mass is 10.2. The van der Waals surface area contributed by atoms with Gasteiger partial charge < -0.3 is 20.1 Å². The molecule has 0 spiro atoms. The van der Waals surface area contributed by atoms with Gasteiger partial charge in [-0.1, -0.05) is 6.92 Å². The topological polar surface area (TPSA) is 67.8 Å². The molecule has 2 N–H and O–H groups in total. The number of nitrogens with one attached hydrogen (secondary N) is 2. The Kier molecular flexibility index (Phi) is 7.53. The second kappa shape index (κ2) is 9.88. The quantitative estimate of drug-likeness (QED) is 0.557. The number of thiazole rings is 1. The Balaban J connectivity index is 2.01. The third-order valence-corrected chi connectivity index (χ3v) is 4.57. The Morgan fingerprint density at radius 3 is 2.64 bits per heavy atom. The van der Waals surface area contributed by atoms with Gasteiger partial charge in [-0.15, -0.1) is 11.3 Å². The van der Waals surface area contributed by atoms with Gasteiger partial charge in [0.2, 0.25) is 0 Å². The normalized spacial score (nSPS) is 11.3. The minimum absolute atomic E-state index is 0.676. The van der Waals surface area contributed by atoms with Crippen molar-refractivity contribution in [3.05, 3.63) is 34.3 Å². The van der Waals surface area contributed by atoms with E-state index < -0.39 is 0 Å². The Bertz CT molecular complexity index is 700. The molecule has 136 valence electrons. The molecule has 1 heterocycles. The number of aromatic nitrogens is 1. The maximum atomic E-state index is 5.34. The molecule has 25 heavy (non-hydrogen) atoms. The van der Waals surface area contributed by atoms with E-state index >= 15 is 0 Å². The molecule has 1 aromatic heterocycles. The number of hydrogen-bond donors (Lipinski definition) is 2. The van der Waals surface area contributed by atoms with E-state index in [1.807, 2.05) is 25.1 Å². The van der Waals surface area contributed by atoms with Crippen LogP contribution < -0.4 is 20.1 Å². The minimum Gasteiger partial charge on any atom is -0.493 e. The van der Waals surface area contributed by atoms with Crippen molar-refractivity contribution in [1.29, 1.82) is 0 Å². The number of anilines is 1. The maximum absolute atomic E-state index is 5.34. The van der Waals surface area contributed by atoms with Crippen molar-refractivity contribution in [2.75, 3.05) is 32.6 Å². The van der Waals surface area contributed by atoms with Gasteiger partial charge in [0.1, 0.15) is 0 Å². The molecule has 2 rings (SSSR count). The van der Waals surface area contributed by atoms with Crippen LogP contribution in [0.25, 0.3) is 0 Å². The highest BCUT2D eigenvalue weighted by atomic mass is 32.1. The van der Waals surface area contributed by atoms with Gasteiger partial charge in [-0.05, 0) is 25.5 Å². The van der Waals surface area contributed by atoms with E-state index in [0.29, 0.717) is 18.0 Å². The van der Waals surface area contributed by atoms with Gasteiger partial charge in [0.25, 0.3) is 0 Å². The molecule has 0 amide bonds. The van der Waals surface area contributed by atoms with Crippen LogP contribution in [0.2, 0.25) is 0 Å². The summed E-state index contributed by atoms with van der Waals surface area (Å²) in [4.78, 5) is 9.20. The van der Waals surface area contributed by atoms with Crippen LogP contribution in [0.4, 0.5) is 5.69 Å². The summed E-state index contributed by atoms with van der Waals surface area (Å²) in [5.74, 6) is 2.11. The Labute approximate surface area is 153 Å². The predicted octanol–water partition coefficient (Wildman–Crippen LogP) is 3.34. The zero-order valence-electron chi connectivity index (χ0n) is 15.3. The second-order valence-electron chi connectivity index (χ2n) is 5.29. The Morgan fingerprint density at radius 2 is 2.00 bits per heavy atom. The molecule has 0 fully saturated rings. The summed E-state index contributed by atoms with van der Waals surface area (Å²) in [7, 11) is 3.25. The van der Waals surface area contributed by atoms with Crippen molar-refractivity contribution in [3.63, 3.8) is 0 Å². The van der Waals surface area contributed by atoms with Crippen molar-refractivity contribution in [2.24, 2.45) is 4.99 Å². The first-order valence-corrected chi connectivity index (χ1v) is 9.28. The average Bonchev–Trinajstić information content (AvgIpc) is 3.09. The van der Waals surface area contributed by atoms with Gasteiger partial charge in [0.15, 0.2) is 17.5 Å². The summed E-state index contributed by atoms with van der Waals surface area (Å²) < 4.78 is 10.6. The first-order chi connectivity index (χ1) is 12.2. The molecule has 0 aliphatic carbocycles. The standard InChI is InChI=1S/C18H26N4O2S/c1-5-17-21-14(12-25-17)9-10-20-18(19-6-2)22-13-7-8-15(23-3)16(11-13)24-4/h7-8,11-12H,5-6,9-10H2,1-4H3,(H2,19,20,22). The molecule has 0 aliphatic heterocycles. The van der Waals surface area contributed by atoms with Crippen LogP contribution in [-0.4, -0.2) is 38.3 Å². The third kappa shape index (κ3) is 5.63. The number of nitrogens with zero attached hydrogens (tertiary/aromatic N) is 2. The summed E-state index contributed by atoms with van der Waals surface area (Å²) in [5.41, 5.74) is 1.99. The van der Waals surface area contributed by atoms with Gasteiger partial charge >= 0.3 is 0 Å². The van der Waals surface area contributed by atoms with E-state index in [9.17, 15) is 0 Å². The van der Waals surface area contributed by atoms with Crippen molar-refractivity contribution in [1.82, 2.24) is 10.3 Å². The lowest BCUT2D eigenvalue weighted by Crippen LogP contribution is -2.30. The SMILES string of the molecule is CCNC(=NCCc1csc(CC)n1)Nc1ccc(OC)c(OC)c1. The van der Waals surface area contributed by atoms with Crippen LogP contribution in [0, 0.1) is 0 Å². The van der Waals surface area contributed by atoms with E-state index in [4.69, 9.17) is 9.47 Å². The fraction of sp³-hybridized carbons (Fsp3) is 0.444. The number of guanidine groups is 1. The Hall–Kier alpha value is -2.28. The number of aryl methyl sites for hydroxylation is 1. The van der Waals surface area contributed by atoms with Crippen LogP contribution in [0.5, 0.6) is 11.5 Å². The maximum Gasteiger partial charge on any atom is 0.195 e. The van der Waals surface area contributed by atoms with Gasteiger partial charge in [0.05, 0.1) is 24.9 Å². The molecule has 0 aliphatic rings. The van der Waals surface area contributed by atoms with Crippen molar-refractivity contribution < 1.29 is 9.47 Å². The molecule has 0 saturated heterocycles. The zero-order chi connectivity index (χ0) is 18.1. The fourth-order valence-electron chi connectivity index (χ4n) is 2.27. The molecule has 1 aromatic carbocycles. The van der Waals surface area contributed by atoms with Crippen LogP contribution >= 0.6 is 11.3 Å². The number of ether oxygens (including phenoxy) is 2. The van der Waals surface area contributed by atoms with Crippen molar-refractivity contribution >= 4 is 23.0 Å². The Morgan fingerprint density at radius 1 is 1.20 bits per heavy atom. The fourth-order valence-corrected chi connectivity index (χ4v) is 3.05. The van der Waals surface area contributed by atoms with Crippen molar-refractivity contribution in [3.8, 4) is 11.5 Å². The molecular weight excluding hydrogens is 336 g/mol. The molecule has 0 atom stereocenters. The van der Waals surface area contributed by atoms with Crippen molar-refractivity contribution in [2.45, 2.75) is 26.7 Å². The lowest BCUT2D eigenvalue weighted by molar-refractivity contribution is 0.355. The lowest BCUT2D eigenvalue weighted by Gasteiger charge is -2.13. The van der Waals surface area contributed by atoms with E-state index in [0.717, 1.165) is 36.7 Å². The predicted molar refractivity (Wildman–Crippen MR) is 104 cm³/mol. The van der Waals surface area contributed by atoms with E-state index in [2.05, 4.69) is 32.9 Å². The largest absolute Gasteiger partial charge is 0.493 e. The summed E-state index contributed by atoms with van der Waals surface area (Å²) in [6.07, 6.45) is 1.82. The number of hydrogen-bond acceptors (Lipinski definition) is 5. The van der Waals surface area contributed by atoms with E-state index in [1.54, 1.807) is 25.6 Å². The molecule has 0 saturated carbocycles. The number of benzene rings is 1. The molecular formula is C18H26N4O2S. The smallest absolute Gasteiger partial charge is 0.195 e. The van der Waals surface area contributed by atoms with Gasteiger partial charge in [-0.25, -0.2) is 4.98 Å². The minimum atomic E-state index is 0.676. The molecule has 0 unspecified atom stereocenters. The average molecular weight is 362 g/mol. The molecule has 7 heteroatoms. The molecule has 6 nitrogen and oxygen atoms in total. The number of methoxy groups -OCH3 is 2. The van der Waals surface area contributed by atoms with Gasteiger partial charge in [-0.3, -0.25) is 4.99 Å². The third-order valence-electron chi connectivity index (χ3n) is 3.53. The van der Waals surface area contributed by atoms with E-state index in [-0.39, 0.29) is 0 Å². The summed E-state index contributed by atoms with van der Waals surface area (Å²) in [5, 5.41) is 9.83. The van der Waals surface area contributed by atoms with Gasteiger partial charge in [0, 0.05) is 36.6 Å². The van der Waals surface area contributed by atoms with E-state index in [1.165, 1.54) is 5.01 Å². The highest BCUT2D eigenvalue weighted by Crippen LogP contribution is 2.29. The highest BCUT2D eigenvalue weighted by Gasteiger charge is 2.06. The molecule has 2 aromatic rings. The van der Waals surface area contributed by atoms with Crippen LogP contribution in [0.1, 0.15) is 24.5 Å². The van der Waals surface area contributed by atoms with Crippen LogP contribution in [0.3, 0.4) is 0 Å². The summed E-state index contributed by atoms with van der Waals surface area (Å²) in [6.45, 7) is 5.63. The zero-order valence-corrected chi connectivity index (χ0v) is 16.1. The first-order valence-electron chi connectivity index (χ1n) is 8.40. The van der Waals surface area contributed by atoms with Gasteiger partial charge in [-0.2, -0.15) is 0 Å². The van der Waals surface area contributed by atoms with Crippen LogP contribution in [0.15, 0.2) is 28.6 Å². The first kappa shape index (κ1) is 19.1. The molecule has 0 bridgehead atoms. The molecule has 0 radical (unpaired) electrons. The number of rotatable bonds is 8. The monoisotopic (exact) mass is 362 g/mol. The second-order valence-corrected chi connectivity index (χ2v) is 6.23. The summed E-state index contributed by atoms with van der Waals surface area (Å²) >= 11 is 1.71. The number of aliphatic imine (C=N–C) groups is 1. The van der Waals surface area contributed by atoms with Crippen LogP contribution in [-0.2, 0) is 12.8 Å².